The molecule has 0 unspecified atom stereocenters. The van der Waals surface area contributed by atoms with Crippen molar-refractivity contribution in [1.82, 2.24) is 0 Å². The molecule has 0 spiro atoms. The number of ether oxygens (including phenoxy) is 1. The lowest BCUT2D eigenvalue weighted by molar-refractivity contribution is 0.386. The Bertz CT molecular complexity index is 807. The second-order valence-electron chi connectivity index (χ2n) is 5.23. The van der Waals surface area contributed by atoms with Gasteiger partial charge in [-0.15, -0.1) is 0 Å². The van der Waals surface area contributed by atoms with Crippen molar-refractivity contribution in [2.45, 2.75) is 13.5 Å². The molecule has 0 bridgehead atoms. The Morgan fingerprint density at radius 2 is 1.91 bits per heavy atom. The van der Waals surface area contributed by atoms with E-state index in [2.05, 4.69) is 10.0 Å². The maximum absolute atomic E-state index is 13.6. The van der Waals surface area contributed by atoms with Crippen molar-refractivity contribution in [2.24, 2.45) is 0 Å². The molecular weight excluding hydrogens is 319 g/mol. The third-order valence-corrected chi connectivity index (χ3v) is 3.84. The molecular formula is C16H19FN2O3S. The summed E-state index contributed by atoms with van der Waals surface area (Å²) >= 11 is 0. The number of hydrogen-bond donors (Lipinski definition) is 2. The first-order valence-corrected chi connectivity index (χ1v) is 8.82. The van der Waals surface area contributed by atoms with Crippen molar-refractivity contribution in [1.29, 1.82) is 0 Å². The van der Waals surface area contributed by atoms with Crippen LogP contribution in [0.4, 0.5) is 15.8 Å². The largest absolute Gasteiger partial charge is 0.494 e. The number of sulfonamides is 1. The third-order valence-electron chi connectivity index (χ3n) is 3.25. The Morgan fingerprint density at radius 3 is 2.52 bits per heavy atom. The maximum atomic E-state index is 13.6. The lowest BCUT2D eigenvalue weighted by Gasteiger charge is -2.12. The highest BCUT2D eigenvalue weighted by molar-refractivity contribution is 7.92. The van der Waals surface area contributed by atoms with Gasteiger partial charge in [-0.25, -0.2) is 12.8 Å². The number of halogens is 1. The van der Waals surface area contributed by atoms with Crippen LogP contribution in [0.1, 0.15) is 11.1 Å². The molecule has 0 aliphatic heterocycles. The number of methoxy groups -OCH3 is 1. The highest BCUT2D eigenvalue weighted by Crippen LogP contribution is 2.22. The molecule has 2 rings (SSSR count). The number of aryl methyl sites for hydroxylation is 1. The summed E-state index contributed by atoms with van der Waals surface area (Å²) < 4.78 is 43.7. The summed E-state index contributed by atoms with van der Waals surface area (Å²) in [6.45, 7) is 2.22. The van der Waals surface area contributed by atoms with Crippen molar-refractivity contribution >= 4 is 21.4 Å². The van der Waals surface area contributed by atoms with Crippen LogP contribution < -0.4 is 14.8 Å². The fourth-order valence-electron chi connectivity index (χ4n) is 2.07. The van der Waals surface area contributed by atoms with E-state index in [4.69, 9.17) is 4.74 Å². The van der Waals surface area contributed by atoms with Crippen LogP contribution in [0.5, 0.6) is 5.75 Å². The van der Waals surface area contributed by atoms with Crippen LogP contribution in [0, 0.1) is 12.7 Å². The molecule has 0 amide bonds. The summed E-state index contributed by atoms with van der Waals surface area (Å²) in [5.41, 5.74) is 2.81. The van der Waals surface area contributed by atoms with Gasteiger partial charge in [0, 0.05) is 12.2 Å². The first kappa shape index (κ1) is 17.1. The van der Waals surface area contributed by atoms with Crippen LogP contribution in [0.2, 0.25) is 0 Å². The van der Waals surface area contributed by atoms with Gasteiger partial charge in [0.25, 0.3) is 0 Å². The molecule has 0 fully saturated rings. The molecule has 2 aromatic carbocycles. The van der Waals surface area contributed by atoms with E-state index in [9.17, 15) is 12.8 Å². The van der Waals surface area contributed by atoms with E-state index in [0.29, 0.717) is 12.2 Å². The van der Waals surface area contributed by atoms with Crippen LogP contribution in [0.15, 0.2) is 36.4 Å². The molecule has 0 aliphatic carbocycles. The Labute approximate surface area is 135 Å². The van der Waals surface area contributed by atoms with Crippen molar-refractivity contribution in [3.05, 3.63) is 53.3 Å². The molecule has 0 saturated heterocycles. The predicted octanol–water partition coefficient (Wildman–Crippen LogP) is 3.13. The molecule has 0 radical (unpaired) electrons. The summed E-state index contributed by atoms with van der Waals surface area (Å²) in [7, 11) is -1.92. The van der Waals surface area contributed by atoms with E-state index in [0.717, 1.165) is 23.1 Å². The molecule has 0 atom stereocenters. The monoisotopic (exact) mass is 338 g/mol. The summed E-state index contributed by atoms with van der Waals surface area (Å²) in [5, 5.41) is 3.14. The van der Waals surface area contributed by atoms with Crippen molar-refractivity contribution < 1.29 is 17.5 Å². The topological polar surface area (TPSA) is 67.4 Å². The Morgan fingerprint density at radius 1 is 1.17 bits per heavy atom. The van der Waals surface area contributed by atoms with Gasteiger partial charge in [0.2, 0.25) is 10.0 Å². The number of rotatable bonds is 6. The van der Waals surface area contributed by atoms with Crippen molar-refractivity contribution in [2.75, 3.05) is 23.4 Å². The van der Waals surface area contributed by atoms with Crippen LogP contribution >= 0.6 is 0 Å². The second kappa shape index (κ2) is 6.87. The quantitative estimate of drug-likeness (QED) is 0.849. The Hall–Kier alpha value is -2.28. The Kier molecular flexibility index (Phi) is 5.10. The molecule has 7 heteroatoms. The number of anilines is 2. The molecule has 5 nitrogen and oxygen atoms in total. The van der Waals surface area contributed by atoms with Gasteiger partial charge in [0.05, 0.1) is 19.1 Å². The first-order valence-electron chi connectivity index (χ1n) is 6.93. The zero-order valence-electron chi connectivity index (χ0n) is 13.2. The SMILES string of the molecule is COc1ccc(CNc2ccc(C)c(NS(C)(=O)=O)c2)cc1F. The average molecular weight is 338 g/mol. The normalized spacial score (nSPS) is 11.1. The minimum atomic E-state index is -3.34. The molecule has 0 heterocycles. The molecule has 0 saturated carbocycles. The van der Waals surface area contributed by atoms with Crippen LogP contribution in [-0.2, 0) is 16.6 Å². The van der Waals surface area contributed by atoms with Crippen LogP contribution in [0.25, 0.3) is 0 Å². The third kappa shape index (κ3) is 4.85. The zero-order valence-corrected chi connectivity index (χ0v) is 14.0. The van der Waals surface area contributed by atoms with Crippen LogP contribution in [-0.4, -0.2) is 21.8 Å². The highest BCUT2D eigenvalue weighted by atomic mass is 32.2. The minimum Gasteiger partial charge on any atom is -0.494 e. The molecule has 2 aromatic rings. The van der Waals surface area contributed by atoms with E-state index >= 15 is 0 Å². The van der Waals surface area contributed by atoms with E-state index < -0.39 is 15.8 Å². The van der Waals surface area contributed by atoms with Crippen LogP contribution in [0.3, 0.4) is 0 Å². The highest BCUT2D eigenvalue weighted by Gasteiger charge is 2.07. The van der Waals surface area contributed by atoms with Gasteiger partial charge in [-0.1, -0.05) is 12.1 Å². The summed E-state index contributed by atoms with van der Waals surface area (Å²) in [4.78, 5) is 0. The predicted molar refractivity (Wildman–Crippen MR) is 89.9 cm³/mol. The van der Waals surface area contributed by atoms with Gasteiger partial charge < -0.3 is 10.1 Å². The molecule has 124 valence electrons. The van der Waals surface area contributed by atoms with E-state index in [-0.39, 0.29) is 5.75 Å². The number of nitrogens with one attached hydrogen (secondary N) is 2. The molecule has 23 heavy (non-hydrogen) atoms. The fourth-order valence-corrected chi connectivity index (χ4v) is 2.69. The lowest BCUT2D eigenvalue weighted by atomic mass is 10.1. The lowest BCUT2D eigenvalue weighted by Crippen LogP contribution is -2.11. The van der Waals surface area contributed by atoms with E-state index in [1.807, 2.05) is 19.1 Å². The van der Waals surface area contributed by atoms with Gasteiger partial charge in [-0.3, -0.25) is 4.72 Å². The smallest absolute Gasteiger partial charge is 0.229 e. The van der Waals surface area contributed by atoms with E-state index in [1.54, 1.807) is 18.2 Å². The van der Waals surface area contributed by atoms with Crippen molar-refractivity contribution in [3.63, 3.8) is 0 Å². The van der Waals surface area contributed by atoms with E-state index in [1.165, 1.54) is 13.2 Å². The van der Waals surface area contributed by atoms with Gasteiger partial charge >= 0.3 is 0 Å². The molecule has 0 aliphatic rings. The van der Waals surface area contributed by atoms with Gasteiger partial charge in [0.15, 0.2) is 11.6 Å². The van der Waals surface area contributed by atoms with Gasteiger partial charge in [-0.2, -0.15) is 0 Å². The average Bonchev–Trinajstić information content (AvgIpc) is 2.47. The second-order valence-corrected chi connectivity index (χ2v) is 6.97. The fraction of sp³-hybridized carbons (Fsp3) is 0.250. The summed E-state index contributed by atoms with van der Waals surface area (Å²) in [6, 6.07) is 10.1. The summed E-state index contributed by atoms with van der Waals surface area (Å²) in [6.07, 6.45) is 1.10. The summed E-state index contributed by atoms with van der Waals surface area (Å²) in [5.74, 6) is -0.223. The first-order chi connectivity index (χ1) is 10.8. The van der Waals surface area contributed by atoms with Crippen molar-refractivity contribution in [3.8, 4) is 5.75 Å². The minimum absolute atomic E-state index is 0.198. The Balaban J connectivity index is 2.11. The van der Waals surface area contributed by atoms with Gasteiger partial charge in [0.1, 0.15) is 0 Å². The number of hydrogen-bond acceptors (Lipinski definition) is 4. The number of benzene rings is 2. The molecule has 0 aromatic heterocycles. The maximum Gasteiger partial charge on any atom is 0.229 e. The zero-order chi connectivity index (χ0) is 17.0. The standard InChI is InChI=1S/C16H19FN2O3S/c1-11-4-6-13(9-15(11)19-23(3,20)21)18-10-12-5-7-16(22-2)14(17)8-12/h4-9,18-19H,10H2,1-3H3. The molecule has 2 N–H and O–H groups in total. The van der Waals surface area contributed by atoms with Gasteiger partial charge in [-0.05, 0) is 42.3 Å².